The van der Waals surface area contributed by atoms with E-state index in [4.69, 9.17) is 8.42 Å². The van der Waals surface area contributed by atoms with Crippen LogP contribution in [0, 0.1) is 0 Å². The van der Waals surface area contributed by atoms with Gasteiger partial charge in [0.15, 0.2) is 10.9 Å². The van der Waals surface area contributed by atoms with Crippen LogP contribution in [0.4, 0.5) is 0 Å². The zero-order chi connectivity index (χ0) is 7.56. The van der Waals surface area contributed by atoms with Crippen molar-refractivity contribution in [3.8, 4) is 11.1 Å². The molecule has 2 rings (SSSR count). The molecule has 0 atom stereocenters. The van der Waals surface area contributed by atoms with Gasteiger partial charge in [0.25, 0.3) is 0 Å². The van der Waals surface area contributed by atoms with Crippen molar-refractivity contribution in [3.63, 3.8) is 0 Å². The summed E-state index contributed by atoms with van der Waals surface area (Å²) in [6.45, 7) is 0. The van der Waals surface area contributed by atoms with Gasteiger partial charge in [-0.3, -0.25) is 0 Å². The second kappa shape index (κ2) is 4.10. The van der Waals surface area contributed by atoms with Gasteiger partial charge in [-0.05, 0) is 11.1 Å². The molecule has 0 aromatic heterocycles. The molecule has 62 valence electrons. The first-order valence-electron chi connectivity index (χ1n) is 2.69. The molecule has 2 aliphatic rings. The lowest BCUT2D eigenvalue weighted by atomic mass is 9.95. The largest absolute Gasteiger partial charge is 0.231 e. The zero-order valence-electron chi connectivity index (χ0n) is 5.15. The normalized spacial score (nSPS) is 9.27. The first-order chi connectivity index (χ1) is 4.70. The van der Waals surface area contributed by atoms with Crippen LogP contribution >= 0.6 is 0 Å². The van der Waals surface area contributed by atoms with Crippen molar-refractivity contribution in [1.82, 2.24) is 0 Å². The molecule has 0 amide bonds. The number of hydrogen-bond donors (Lipinski definition) is 2. The second-order valence-corrected chi connectivity index (χ2v) is 2.43. The number of thiol groups is 1. The van der Waals surface area contributed by atoms with E-state index in [1.54, 1.807) is 0 Å². The lowest BCUT2D eigenvalue weighted by Gasteiger charge is -2.10. The van der Waals surface area contributed by atoms with Gasteiger partial charge in [0.1, 0.15) is 0 Å². The van der Waals surface area contributed by atoms with E-state index < -0.39 is 10.9 Å². The van der Waals surface area contributed by atoms with Crippen molar-refractivity contribution in [2.24, 2.45) is 5.14 Å². The fraction of sp³-hybridized carbons (Fsp3) is 0.143. The predicted molar refractivity (Wildman–Crippen MR) is 46.7 cm³/mol. The van der Waals surface area contributed by atoms with E-state index in [9.17, 15) is 0 Å². The summed E-state index contributed by atoms with van der Waals surface area (Å²) in [5.74, 6) is 0. The van der Waals surface area contributed by atoms with E-state index >= 15 is 0 Å². The highest BCUT2D eigenvalue weighted by atomic mass is 32.2. The maximum Gasteiger partial charge on any atom is 0.198 e. The van der Waals surface area contributed by atoms with E-state index in [1.165, 1.54) is 11.1 Å². The molecule has 0 aromatic carbocycles. The van der Waals surface area contributed by atoms with Crippen molar-refractivity contribution in [1.29, 1.82) is 0 Å². The molecular formula is C7H11NO2S. The lowest BCUT2D eigenvalue weighted by Crippen LogP contribution is -1.85. The van der Waals surface area contributed by atoms with Gasteiger partial charge in [-0.2, -0.15) is 0 Å². The van der Waals surface area contributed by atoms with Crippen LogP contribution in [-0.4, -0.2) is 8.42 Å². The summed E-state index contributed by atoms with van der Waals surface area (Å²) in [6.07, 6.45) is 0. The van der Waals surface area contributed by atoms with Gasteiger partial charge < -0.3 is 0 Å². The number of rotatable bonds is 0. The Morgan fingerprint density at radius 3 is 1.18 bits per heavy atom. The molecule has 0 bridgehead atoms. The Morgan fingerprint density at radius 1 is 1.00 bits per heavy atom. The van der Waals surface area contributed by atoms with E-state index in [1.807, 2.05) is 0 Å². The Kier molecular flexibility index (Phi) is 3.78. The molecule has 3 nitrogen and oxygen atoms in total. The lowest BCUT2D eigenvalue weighted by molar-refractivity contribution is 0.616. The maximum absolute atomic E-state index is 8.81. The quantitative estimate of drug-likeness (QED) is 0.578. The first-order valence-corrected chi connectivity index (χ1v) is 3.94. The molecule has 0 saturated heterocycles. The molecule has 2 N–H and O–H groups in total. The molecule has 11 heavy (non-hydrogen) atoms. The molecule has 4 heteroatoms. The molecule has 0 radical (unpaired) electrons. The Morgan fingerprint density at radius 2 is 1.18 bits per heavy atom. The average molecular weight is 173 g/mol. The third-order valence-corrected chi connectivity index (χ3v) is 1.22. The average Bonchev–Trinajstić information content (AvgIpc) is 1.77. The highest BCUT2D eigenvalue weighted by Gasteiger charge is 2.03. The minimum Gasteiger partial charge on any atom is -0.231 e. The van der Waals surface area contributed by atoms with Crippen molar-refractivity contribution < 1.29 is 8.42 Å². The number of benzene rings is 1. The summed E-state index contributed by atoms with van der Waals surface area (Å²) < 4.78 is 17.6. The van der Waals surface area contributed by atoms with Crippen molar-refractivity contribution in [2.75, 3.05) is 0 Å². The van der Waals surface area contributed by atoms with Gasteiger partial charge in [0.05, 0.1) is 0 Å². The third kappa shape index (κ3) is 2.69. The molecule has 0 fully saturated rings. The van der Waals surface area contributed by atoms with Gasteiger partial charge >= 0.3 is 0 Å². The topological polar surface area (TPSA) is 60.2 Å². The third-order valence-electron chi connectivity index (χ3n) is 1.22. The number of fused-ring (bicyclic) bond motifs is 1. The van der Waals surface area contributed by atoms with Crippen LogP contribution < -0.4 is 5.14 Å². The zero-order valence-corrected chi connectivity index (χ0v) is 6.04. The van der Waals surface area contributed by atoms with Crippen molar-refractivity contribution in [2.45, 2.75) is 7.43 Å². The minimum absolute atomic E-state index is 0. The summed E-state index contributed by atoms with van der Waals surface area (Å²) >= 11 is 0. The predicted octanol–water partition coefficient (Wildman–Crippen LogP) is 0.775. The highest BCUT2D eigenvalue weighted by molar-refractivity contribution is 7.69. The minimum atomic E-state index is -2.62. The van der Waals surface area contributed by atoms with Crippen LogP contribution in [0.2, 0.25) is 0 Å². The molecular weight excluding hydrogens is 162 g/mol. The van der Waals surface area contributed by atoms with E-state index in [2.05, 4.69) is 29.4 Å². The van der Waals surface area contributed by atoms with Crippen molar-refractivity contribution >= 4 is 10.9 Å². The molecule has 2 aliphatic carbocycles. The molecule has 0 aromatic rings. The van der Waals surface area contributed by atoms with Crippen LogP contribution in [0.5, 0.6) is 0 Å². The fourth-order valence-electron chi connectivity index (χ4n) is 0.663. The Hall–Kier alpha value is -0.870. The van der Waals surface area contributed by atoms with Crippen LogP contribution in [0.3, 0.4) is 0 Å². The monoisotopic (exact) mass is 173 g/mol. The molecule has 0 saturated carbocycles. The van der Waals surface area contributed by atoms with Crippen LogP contribution in [0.1, 0.15) is 7.43 Å². The van der Waals surface area contributed by atoms with E-state index in [-0.39, 0.29) is 7.43 Å². The summed E-state index contributed by atoms with van der Waals surface area (Å²) in [7, 11) is -2.62. The second-order valence-electron chi connectivity index (χ2n) is 1.86. The summed E-state index contributed by atoms with van der Waals surface area (Å²) in [5.41, 5.74) is 2.85. The van der Waals surface area contributed by atoms with Gasteiger partial charge in [0, 0.05) is 0 Å². The van der Waals surface area contributed by atoms with Gasteiger partial charge in [-0.15, -0.1) is 0 Å². The van der Waals surface area contributed by atoms with Gasteiger partial charge in [-0.1, -0.05) is 31.7 Å². The van der Waals surface area contributed by atoms with E-state index in [0.717, 1.165) is 0 Å². The molecule has 0 aliphatic heterocycles. The smallest absolute Gasteiger partial charge is 0.198 e. The van der Waals surface area contributed by atoms with Gasteiger partial charge in [-0.25, -0.2) is 13.6 Å². The van der Waals surface area contributed by atoms with Crippen LogP contribution in [-0.2, 0) is 10.9 Å². The summed E-state index contributed by atoms with van der Waals surface area (Å²) in [4.78, 5) is 0. The molecule has 0 spiro atoms. The summed E-state index contributed by atoms with van der Waals surface area (Å²) in [6, 6.07) is 8.48. The standard InChI is InChI=1S/C6H4.CH4.H3NO2S/c1-2-6-4-3-5(1)6;;1-4(2)3/h1-4H;1H4;4H,(H2,1,2,3). The Balaban J connectivity index is 0.000000183. The fourth-order valence-corrected chi connectivity index (χ4v) is 0.663. The number of hydrogen-bond acceptors (Lipinski definition) is 2. The SMILES string of the molecule is C.N[SH](=O)=O.c1cc2ccc1-2. The molecule has 0 heterocycles. The summed E-state index contributed by atoms with van der Waals surface area (Å²) in [5, 5.41) is 4.06. The van der Waals surface area contributed by atoms with Crippen molar-refractivity contribution in [3.05, 3.63) is 24.3 Å². The molecule has 0 unspecified atom stereocenters. The van der Waals surface area contributed by atoms with Crippen LogP contribution in [0.15, 0.2) is 24.3 Å². The highest BCUT2D eigenvalue weighted by Crippen LogP contribution is 2.29. The first kappa shape index (κ1) is 10.1. The van der Waals surface area contributed by atoms with E-state index in [0.29, 0.717) is 0 Å². The van der Waals surface area contributed by atoms with Crippen LogP contribution in [0.25, 0.3) is 11.1 Å². The Bertz CT molecular complexity index is 261. The number of nitrogens with two attached hydrogens (primary N) is 1. The Labute approximate surface area is 67.9 Å². The van der Waals surface area contributed by atoms with Gasteiger partial charge in [0.2, 0.25) is 0 Å². The maximum atomic E-state index is 8.81.